The van der Waals surface area contributed by atoms with Gasteiger partial charge in [0.2, 0.25) is 0 Å². The third-order valence-corrected chi connectivity index (χ3v) is 5.34. The third-order valence-electron chi connectivity index (χ3n) is 4.06. The summed E-state index contributed by atoms with van der Waals surface area (Å²) in [6.45, 7) is 1.88. The minimum Gasteiger partial charge on any atom is -1.00 e. The Kier molecular flexibility index (Phi) is 14.3. The summed E-state index contributed by atoms with van der Waals surface area (Å²) >= 11 is 4.65. The number of rotatable bonds is 4. The first-order chi connectivity index (χ1) is 13.7. The molecule has 0 radical (unpaired) electrons. The van der Waals surface area contributed by atoms with Gasteiger partial charge in [0.25, 0.3) is 0 Å². The van der Waals surface area contributed by atoms with Crippen molar-refractivity contribution in [2.45, 2.75) is 13.1 Å². The Morgan fingerprint density at radius 3 is 1.20 bits per heavy atom. The van der Waals surface area contributed by atoms with E-state index in [4.69, 9.17) is 0 Å². The van der Waals surface area contributed by atoms with Crippen molar-refractivity contribution in [3.63, 3.8) is 0 Å². The topological polar surface area (TPSA) is 7.76 Å². The van der Waals surface area contributed by atoms with E-state index in [0.717, 1.165) is 13.1 Å². The van der Waals surface area contributed by atoms with Crippen LogP contribution in [-0.2, 0) is 13.1 Å². The zero-order chi connectivity index (χ0) is 19.6. The molecule has 0 bridgehead atoms. The van der Waals surface area contributed by atoms with Crippen LogP contribution in [0.25, 0.3) is 0 Å². The van der Waals surface area contributed by atoms with Crippen LogP contribution in [0.3, 0.4) is 0 Å². The lowest BCUT2D eigenvalue weighted by Gasteiger charge is -1.97. The molecule has 2 aromatic carbocycles. The summed E-state index contributed by atoms with van der Waals surface area (Å²) < 4.78 is 6.91. The maximum Gasteiger partial charge on any atom is 0.182 e. The van der Waals surface area contributed by atoms with Crippen LogP contribution in [0.2, 0.25) is 0 Å². The monoisotopic (exact) mass is 846 g/mol. The van der Waals surface area contributed by atoms with Crippen molar-refractivity contribution < 1.29 is 57.1 Å². The molecule has 0 atom stereocenters. The van der Waals surface area contributed by atoms with Crippen molar-refractivity contribution in [3.05, 3.63) is 128 Å². The van der Waals surface area contributed by atoms with Crippen molar-refractivity contribution in [1.29, 1.82) is 0 Å². The molecule has 30 heavy (non-hydrogen) atoms. The lowest BCUT2D eigenvalue weighted by Crippen LogP contribution is -3.00. The molecule has 0 aliphatic carbocycles. The Morgan fingerprint density at radius 2 is 0.867 bits per heavy atom. The van der Waals surface area contributed by atoms with Gasteiger partial charge in [0.05, 0.1) is 7.14 Å². The molecule has 0 fully saturated rings. The molecule has 2 aromatic heterocycles. The van der Waals surface area contributed by atoms with Crippen LogP contribution in [0.4, 0.5) is 0 Å². The van der Waals surface area contributed by atoms with Gasteiger partial charge in [-0.05, 0) is 57.3 Å². The van der Waals surface area contributed by atoms with Gasteiger partial charge < -0.3 is 48.0 Å². The summed E-state index contributed by atoms with van der Waals surface area (Å²) in [7, 11) is 0. The van der Waals surface area contributed by atoms with E-state index in [-0.39, 0.29) is 48.0 Å². The van der Waals surface area contributed by atoms with Crippen LogP contribution >= 0.6 is 45.2 Å². The third kappa shape index (κ3) is 10.3. The summed E-state index contributed by atoms with van der Waals surface area (Å²) in [5, 5.41) is 0. The van der Waals surface area contributed by atoms with Crippen LogP contribution < -0.4 is 57.1 Å². The number of aromatic nitrogens is 2. The normalized spacial score (nSPS) is 9.40. The molecular formula is C24H22I4N2. The maximum atomic E-state index is 2.33. The highest BCUT2D eigenvalue weighted by atomic mass is 127. The van der Waals surface area contributed by atoms with E-state index in [0.29, 0.717) is 0 Å². The van der Waals surface area contributed by atoms with Crippen molar-refractivity contribution in [2.75, 3.05) is 0 Å². The van der Waals surface area contributed by atoms with E-state index in [1.807, 2.05) is 12.1 Å². The Hall–Kier alpha value is -0.340. The maximum absolute atomic E-state index is 2.33. The Morgan fingerprint density at radius 1 is 0.500 bits per heavy atom. The number of benzene rings is 2. The number of pyridine rings is 2. The van der Waals surface area contributed by atoms with Crippen LogP contribution in [0.15, 0.2) is 110 Å². The van der Waals surface area contributed by atoms with Crippen LogP contribution in [0, 0.1) is 7.14 Å². The van der Waals surface area contributed by atoms with Gasteiger partial charge in [-0.2, -0.15) is 9.13 Å². The Labute approximate surface area is 240 Å². The molecule has 2 heterocycles. The van der Waals surface area contributed by atoms with Gasteiger partial charge in [-0.1, -0.05) is 60.7 Å². The summed E-state index contributed by atoms with van der Waals surface area (Å²) in [6, 6.07) is 29.3. The van der Waals surface area contributed by atoms with Gasteiger partial charge in [0.1, 0.15) is 0 Å². The lowest BCUT2D eigenvalue weighted by molar-refractivity contribution is -0.689. The zero-order valence-electron chi connectivity index (χ0n) is 16.2. The lowest BCUT2D eigenvalue weighted by atomic mass is 10.2. The summed E-state index contributed by atoms with van der Waals surface area (Å²) in [4.78, 5) is 0. The van der Waals surface area contributed by atoms with Gasteiger partial charge in [-0.3, -0.25) is 0 Å². The molecule has 0 aliphatic rings. The van der Waals surface area contributed by atoms with E-state index in [1.54, 1.807) is 0 Å². The summed E-state index contributed by atoms with van der Waals surface area (Å²) in [5.74, 6) is 0. The fourth-order valence-electron chi connectivity index (χ4n) is 2.77. The molecule has 0 aliphatic heterocycles. The minimum atomic E-state index is 0. The number of nitrogens with zero attached hydrogens (tertiary/aromatic N) is 2. The van der Waals surface area contributed by atoms with Crippen LogP contribution in [-0.4, -0.2) is 0 Å². The predicted octanol–water partition coefficient (Wildman–Crippen LogP) is -0.738. The molecular weight excluding hydrogens is 824 g/mol. The van der Waals surface area contributed by atoms with E-state index in [1.165, 1.54) is 18.3 Å². The second-order valence-electron chi connectivity index (χ2n) is 6.36. The highest BCUT2D eigenvalue weighted by Crippen LogP contribution is 2.02. The van der Waals surface area contributed by atoms with Gasteiger partial charge in [-0.25, -0.2) is 0 Å². The molecule has 4 aromatic rings. The van der Waals surface area contributed by atoms with E-state index < -0.39 is 0 Å². The first kappa shape index (κ1) is 27.7. The first-order valence-electron chi connectivity index (χ1n) is 9.06. The van der Waals surface area contributed by atoms with Crippen molar-refractivity contribution in [1.82, 2.24) is 0 Å². The molecule has 0 N–H and O–H groups in total. The van der Waals surface area contributed by atoms with E-state index >= 15 is 0 Å². The second-order valence-corrected chi connectivity index (χ2v) is 8.85. The fraction of sp³-hybridized carbons (Fsp3) is 0.0833. The number of hydrogen-bond donors (Lipinski definition) is 0. The average molecular weight is 846 g/mol. The summed E-state index contributed by atoms with van der Waals surface area (Å²) in [5.41, 5.74) is 2.67. The molecule has 4 rings (SSSR count). The number of hydrogen-bond acceptors (Lipinski definition) is 0. The molecule has 0 unspecified atom stereocenters. The van der Waals surface area contributed by atoms with Crippen LogP contribution in [0.5, 0.6) is 0 Å². The van der Waals surface area contributed by atoms with Gasteiger partial charge >= 0.3 is 0 Å². The summed E-state index contributed by atoms with van der Waals surface area (Å²) in [6.07, 6.45) is 8.48. The van der Waals surface area contributed by atoms with Crippen molar-refractivity contribution >= 4 is 45.2 Å². The largest absolute Gasteiger partial charge is 1.00 e. The van der Waals surface area contributed by atoms with Gasteiger partial charge in [0.15, 0.2) is 37.9 Å². The Balaban J connectivity index is 0.000000281. The molecule has 6 heteroatoms. The zero-order valence-corrected chi connectivity index (χ0v) is 24.8. The van der Waals surface area contributed by atoms with Crippen molar-refractivity contribution in [3.8, 4) is 0 Å². The molecule has 0 amide bonds. The smallest absolute Gasteiger partial charge is 0.182 e. The SMILES string of the molecule is Ic1ccc[n+](Cc2ccccc2)c1.Ic1ccc[n+](Cc2ccccc2)c1.[I-].[I-]. The average Bonchev–Trinajstić information content (AvgIpc) is 2.70. The molecule has 0 saturated heterocycles. The van der Waals surface area contributed by atoms with Crippen LogP contribution in [0.1, 0.15) is 11.1 Å². The highest BCUT2D eigenvalue weighted by molar-refractivity contribution is 14.1. The Bertz CT molecular complexity index is 913. The quantitative estimate of drug-likeness (QED) is 0.189. The minimum absolute atomic E-state index is 0. The van der Waals surface area contributed by atoms with Gasteiger partial charge in [0, 0.05) is 23.3 Å². The first-order valence-corrected chi connectivity index (χ1v) is 11.2. The number of halogens is 4. The molecule has 2 nitrogen and oxygen atoms in total. The predicted molar refractivity (Wildman–Crippen MR) is 130 cm³/mol. The van der Waals surface area contributed by atoms with E-state index in [9.17, 15) is 0 Å². The second kappa shape index (κ2) is 15.5. The standard InChI is InChI=1S/2C12H11IN.2HI/c2*13-12-7-4-8-14(10-12)9-11-5-2-1-3-6-11;;/h2*1-8,10H,9H2;2*1H/q2*+1;;/p-2. The highest BCUT2D eigenvalue weighted by Gasteiger charge is 2.02. The van der Waals surface area contributed by atoms with Gasteiger partial charge in [-0.15, -0.1) is 0 Å². The molecule has 0 spiro atoms. The fourth-order valence-corrected chi connectivity index (χ4v) is 3.90. The van der Waals surface area contributed by atoms with E-state index in [2.05, 4.69) is 152 Å². The van der Waals surface area contributed by atoms with Crippen molar-refractivity contribution in [2.24, 2.45) is 0 Å². The molecule has 0 saturated carbocycles. The molecule has 156 valence electrons.